The van der Waals surface area contributed by atoms with E-state index in [0.29, 0.717) is 48.4 Å². The van der Waals surface area contributed by atoms with E-state index in [-0.39, 0.29) is 46.9 Å². The van der Waals surface area contributed by atoms with Gasteiger partial charge in [-0.05, 0) is 48.3 Å². The van der Waals surface area contributed by atoms with Gasteiger partial charge in [0, 0.05) is 47.5 Å². The van der Waals surface area contributed by atoms with Crippen molar-refractivity contribution in [1.82, 2.24) is 30.2 Å². The third-order valence-electron chi connectivity index (χ3n) is 10.9. The second kappa shape index (κ2) is 19.6. The SMILES string of the molecule is C[C@@H](NC(=O)/C=C/c1nn(Cc2ccccc2)c2c1CS(=O)(=O)CC2)c1ccccc1.C[C@H](NC(=O)/C=C/c1nn(Cc2ccccc2)c2c1CS(=O)(=O)CC2)c1ccccc1. The molecule has 8 rings (SSSR count). The predicted molar refractivity (Wildman–Crippen MR) is 242 cm³/mol. The number of rotatable bonds is 12. The van der Waals surface area contributed by atoms with E-state index < -0.39 is 19.7 Å². The normalized spacial score (nSPS) is 16.0. The molecule has 2 aliphatic heterocycles. The zero-order valence-electron chi connectivity index (χ0n) is 34.7. The minimum atomic E-state index is -3.16. The summed E-state index contributed by atoms with van der Waals surface area (Å²) in [4.78, 5) is 24.9. The molecule has 2 aromatic heterocycles. The Labute approximate surface area is 363 Å². The van der Waals surface area contributed by atoms with Gasteiger partial charge in [-0.2, -0.15) is 10.2 Å². The van der Waals surface area contributed by atoms with Crippen molar-refractivity contribution < 1.29 is 26.4 Å². The second-order valence-corrected chi connectivity index (χ2v) is 19.9. The van der Waals surface area contributed by atoms with Crippen molar-refractivity contribution in [2.75, 3.05) is 11.5 Å². The van der Waals surface area contributed by atoms with Gasteiger partial charge < -0.3 is 10.6 Å². The first-order valence-electron chi connectivity index (χ1n) is 20.6. The highest BCUT2D eigenvalue weighted by Gasteiger charge is 2.29. The lowest BCUT2D eigenvalue weighted by Crippen LogP contribution is -2.24. The molecule has 0 fully saturated rings. The van der Waals surface area contributed by atoms with Crippen molar-refractivity contribution in [3.8, 4) is 0 Å². The lowest BCUT2D eigenvalue weighted by Gasteiger charge is -2.15. The number of amides is 2. The molecule has 62 heavy (non-hydrogen) atoms. The maximum Gasteiger partial charge on any atom is 0.244 e. The summed E-state index contributed by atoms with van der Waals surface area (Å²) in [6, 6.07) is 39.0. The smallest absolute Gasteiger partial charge is 0.244 e. The highest BCUT2D eigenvalue weighted by molar-refractivity contribution is 7.90. The molecule has 4 aromatic carbocycles. The summed E-state index contributed by atoms with van der Waals surface area (Å²) < 4.78 is 52.7. The number of carbonyl (C=O) groups excluding carboxylic acids is 2. The number of benzene rings is 4. The number of fused-ring (bicyclic) bond motifs is 2. The molecule has 2 N–H and O–H groups in total. The van der Waals surface area contributed by atoms with Gasteiger partial charge in [-0.3, -0.25) is 19.0 Å². The Kier molecular flexibility index (Phi) is 13.8. The Hall–Kier alpha value is -6.38. The van der Waals surface area contributed by atoms with Gasteiger partial charge in [-0.25, -0.2) is 16.8 Å². The summed E-state index contributed by atoms with van der Waals surface area (Å²) in [6.07, 6.45) is 6.96. The lowest BCUT2D eigenvalue weighted by atomic mass is 10.1. The van der Waals surface area contributed by atoms with Crippen molar-refractivity contribution in [3.05, 3.63) is 190 Å². The Morgan fingerprint density at radius 2 is 0.903 bits per heavy atom. The van der Waals surface area contributed by atoms with Crippen LogP contribution in [0.2, 0.25) is 0 Å². The van der Waals surface area contributed by atoms with E-state index in [4.69, 9.17) is 0 Å². The molecular formula is C48H50N6O6S2. The highest BCUT2D eigenvalue weighted by atomic mass is 32.2. The summed E-state index contributed by atoms with van der Waals surface area (Å²) in [5.41, 5.74) is 8.53. The maximum absolute atomic E-state index is 12.4. The molecule has 0 aliphatic carbocycles. The highest BCUT2D eigenvalue weighted by Crippen LogP contribution is 2.27. The van der Waals surface area contributed by atoms with Gasteiger partial charge in [0.15, 0.2) is 19.7 Å². The van der Waals surface area contributed by atoms with Crippen LogP contribution in [0.1, 0.15) is 82.1 Å². The molecule has 0 bridgehead atoms. The van der Waals surface area contributed by atoms with Crippen LogP contribution < -0.4 is 10.6 Å². The maximum atomic E-state index is 12.4. The fraction of sp³-hybridized carbons (Fsp3) is 0.250. The van der Waals surface area contributed by atoms with E-state index in [1.165, 1.54) is 12.2 Å². The number of aromatic nitrogens is 4. The number of hydrogen-bond donors (Lipinski definition) is 2. The molecule has 2 amide bonds. The summed E-state index contributed by atoms with van der Waals surface area (Å²) in [7, 11) is -6.32. The molecular weight excluding hydrogens is 821 g/mol. The Bertz CT molecular complexity index is 2590. The van der Waals surface area contributed by atoms with Crippen LogP contribution in [0.15, 0.2) is 133 Å². The van der Waals surface area contributed by atoms with E-state index in [1.54, 1.807) is 12.2 Å². The van der Waals surface area contributed by atoms with Crippen molar-refractivity contribution in [3.63, 3.8) is 0 Å². The van der Waals surface area contributed by atoms with Gasteiger partial charge in [-0.1, -0.05) is 121 Å². The van der Waals surface area contributed by atoms with Crippen LogP contribution in [0.25, 0.3) is 12.2 Å². The molecule has 0 saturated carbocycles. The van der Waals surface area contributed by atoms with Crippen molar-refractivity contribution in [2.24, 2.45) is 0 Å². The van der Waals surface area contributed by atoms with Crippen molar-refractivity contribution in [2.45, 2.75) is 63.4 Å². The molecule has 4 heterocycles. The van der Waals surface area contributed by atoms with Crippen LogP contribution in [-0.4, -0.2) is 59.7 Å². The average Bonchev–Trinajstić information content (AvgIpc) is 3.77. The third kappa shape index (κ3) is 11.5. The van der Waals surface area contributed by atoms with Gasteiger partial charge >= 0.3 is 0 Å². The summed E-state index contributed by atoms with van der Waals surface area (Å²) in [6.45, 7) is 4.97. The Morgan fingerprint density at radius 3 is 1.26 bits per heavy atom. The number of hydrogen-bond acceptors (Lipinski definition) is 8. The zero-order chi connectivity index (χ0) is 43.7. The third-order valence-corrected chi connectivity index (χ3v) is 14.0. The van der Waals surface area contributed by atoms with Crippen LogP contribution in [0.3, 0.4) is 0 Å². The quantitative estimate of drug-likeness (QED) is 0.130. The molecule has 2 aliphatic rings. The van der Waals surface area contributed by atoms with Crippen LogP contribution in [-0.2, 0) is 66.7 Å². The van der Waals surface area contributed by atoms with Crippen LogP contribution in [0.5, 0.6) is 0 Å². The molecule has 2 atom stereocenters. The van der Waals surface area contributed by atoms with E-state index >= 15 is 0 Å². The van der Waals surface area contributed by atoms with Gasteiger partial charge in [0.25, 0.3) is 0 Å². The zero-order valence-corrected chi connectivity index (χ0v) is 36.4. The monoisotopic (exact) mass is 870 g/mol. The van der Waals surface area contributed by atoms with Crippen molar-refractivity contribution >= 4 is 43.6 Å². The Balaban J connectivity index is 0.000000186. The van der Waals surface area contributed by atoms with Crippen LogP contribution >= 0.6 is 0 Å². The number of nitrogens with zero attached hydrogens (tertiary/aromatic N) is 4. The second-order valence-electron chi connectivity index (χ2n) is 15.5. The fourth-order valence-electron chi connectivity index (χ4n) is 7.60. The van der Waals surface area contributed by atoms with Gasteiger partial charge in [0.1, 0.15) is 0 Å². The van der Waals surface area contributed by atoms with E-state index in [9.17, 15) is 26.4 Å². The van der Waals surface area contributed by atoms with Crippen LogP contribution in [0.4, 0.5) is 0 Å². The summed E-state index contributed by atoms with van der Waals surface area (Å²) in [5.74, 6) is -0.336. The van der Waals surface area contributed by atoms with Gasteiger partial charge in [0.2, 0.25) is 11.8 Å². The molecule has 320 valence electrons. The number of nitrogens with one attached hydrogen (secondary N) is 2. The van der Waals surface area contributed by atoms with Crippen LogP contribution in [0, 0.1) is 0 Å². The molecule has 6 aromatic rings. The van der Waals surface area contributed by atoms with E-state index in [0.717, 1.165) is 33.6 Å². The fourth-order valence-corrected chi connectivity index (χ4v) is 10.4. The van der Waals surface area contributed by atoms with E-state index in [1.807, 2.05) is 145 Å². The molecule has 0 spiro atoms. The number of carbonyl (C=O) groups is 2. The largest absolute Gasteiger partial charge is 0.346 e. The summed E-state index contributed by atoms with van der Waals surface area (Å²) in [5, 5.41) is 15.2. The minimum absolute atomic E-state index is 0.0428. The van der Waals surface area contributed by atoms with E-state index in [2.05, 4.69) is 20.8 Å². The van der Waals surface area contributed by atoms with Gasteiger partial charge in [0.05, 0.1) is 59.6 Å². The number of sulfone groups is 2. The van der Waals surface area contributed by atoms with Crippen molar-refractivity contribution in [1.29, 1.82) is 0 Å². The predicted octanol–water partition coefficient (Wildman–Crippen LogP) is 6.59. The first kappa shape index (κ1) is 43.7. The lowest BCUT2D eigenvalue weighted by molar-refractivity contribution is -0.117. The first-order valence-corrected chi connectivity index (χ1v) is 24.2. The molecule has 0 saturated heterocycles. The Morgan fingerprint density at radius 1 is 0.565 bits per heavy atom. The minimum Gasteiger partial charge on any atom is -0.346 e. The molecule has 14 heteroatoms. The molecule has 0 unspecified atom stereocenters. The first-order chi connectivity index (χ1) is 29.8. The summed E-state index contributed by atoms with van der Waals surface area (Å²) >= 11 is 0. The standard InChI is InChI=1S/2C24H25N3O3S/c2*1-18(20-10-6-3-7-11-20)25-24(28)13-12-22-21-17-31(29,30)15-14-23(21)27(26-22)16-19-8-4-2-5-9-19/h2*2-13,18H,14-17H2,1H3,(H,25,28)/b2*13-12+/t2*18-/m10/s1. The molecule has 12 nitrogen and oxygen atoms in total. The molecule has 0 radical (unpaired) electrons. The van der Waals surface area contributed by atoms with Gasteiger partial charge in [-0.15, -0.1) is 0 Å². The topological polar surface area (TPSA) is 162 Å². The average molecular weight is 871 g/mol.